The van der Waals surface area contributed by atoms with E-state index in [9.17, 15) is 14.7 Å². The molecule has 0 atom stereocenters. The molecule has 0 bridgehead atoms. The van der Waals surface area contributed by atoms with Crippen LogP contribution in [0.2, 0.25) is 0 Å². The van der Waals surface area contributed by atoms with Crippen LogP contribution >= 0.6 is 0 Å². The highest BCUT2D eigenvalue weighted by molar-refractivity contribution is 6.29. The van der Waals surface area contributed by atoms with Crippen molar-refractivity contribution < 1.29 is 24.2 Å². The summed E-state index contributed by atoms with van der Waals surface area (Å²) in [5.74, 6) is -2.43. The monoisotopic (exact) mass is 405 g/mol. The summed E-state index contributed by atoms with van der Waals surface area (Å²) in [6.07, 6.45) is 18.6. The molecule has 0 spiro atoms. The Balaban J connectivity index is 1.91. The molecule has 1 radical (unpaired) electrons. The van der Waals surface area contributed by atoms with Gasteiger partial charge in [0.1, 0.15) is 11.5 Å². The molecule has 1 aromatic carbocycles. The van der Waals surface area contributed by atoms with Gasteiger partial charge < -0.3 is 9.47 Å². The third-order valence-electron chi connectivity index (χ3n) is 4.97. The lowest BCUT2D eigenvalue weighted by molar-refractivity contribution is -0.162. The molecule has 0 unspecified atom stereocenters. The smallest absolute Gasteiger partial charge is 0.463 e. The number of ether oxygens (including phenoxy) is 2. The highest BCUT2D eigenvalue weighted by Crippen LogP contribution is 2.18. The number of hydrogen-bond donors (Lipinski definition) is 0. The SMILES string of the molecule is CCCCCCCCCCCCCCCCOc1ccc(OC(=O)C([O])=O)cc1. The van der Waals surface area contributed by atoms with Crippen molar-refractivity contribution in [2.75, 3.05) is 6.61 Å². The first-order valence-electron chi connectivity index (χ1n) is 11.3. The molecule has 0 saturated heterocycles. The fourth-order valence-corrected chi connectivity index (χ4v) is 3.24. The van der Waals surface area contributed by atoms with Crippen molar-refractivity contribution in [3.63, 3.8) is 0 Å². The van der Waals surface area contributed by atoms with Gasteiger partial charge in [-0.05, 0) is 30.7 Å². The minimum atomic E-state index is -1.86. The maximum absolute atomic E-state index is 10.9. The van der Waals surface area contributed by atoms with Crippen LogP contribution in [0.3, 0.4) is 0 Å². The molecule has 0 aliphatic carbocycles. The van der Waals surface area contributed by atoms with Crippen molar-refractivity contribution >= 4 is 11.9 Å². The van der Waals surface area contributed by atoms with E-state index in [0.29, 0.717) is 12.4 Å². The minimum Gasteiger partial charge on any atom is -0.494 e. The van der Waals surface area contributed by atoms with Crippen LogP contribution in [-0.2, 0) is 14.7 Å². The lowest BCUT2D eigenvalue weighted by atomic mass is 10.0. The Labute approximate surface area is 175 Å². The van der Waals surface area contributed by atoms with E-state index >= 15 is 0 Å². The predicted molar refractivity (Wildman–Crippen MR) is 114 cm³/mol. The van der Waals surface area contributed by atoms with Crippen LogP contribution in [0.4, 0.5) is 0 Å². The van der Waals surface area contributed by atoms with E-state index in [0.717, 1.165) is 6.42 Å². The number of benzene rings is 1. The lowest BCUT2D eigenvalue weighted by Gasteiger charge is -2.07. The molecule has 1 rings (SSSR count). The molecule has 0 fully saturated rings. The van der Waals surface area contributed by atoms with Crippen molar-refractivity contribution in [2.45, 2.75) is 96.8 Å². The van der Waals surface area contributed by atoms with Crippen molar-refractivity contribution in [2.24, 2.45) is 0 Å². The summed E-state index contributed by atoms with van der Waals surface area (Å²) in [5.41, 5.74) is 0. The number of hydrogen-bond acceptors (Lipinski definition) is 4. The van der Waals surface area contributed by atoms with Crippen LogP contribution in [0.15, 0.2) is 24.3 Å². The van der Waals surface area contributed by atoms with Crippen molar-refractivity contribution in [1.82, 2.24) is 0 Å². The number of carbonyl (C=O) groups is 2. The van der Waals surface area contributed by atoms with E-state index in [4.69, 9.17) is 4.74 Å². The fraction of sp³-hybridized carbons (Fsp3) is 0.667. The zero-order chi connectivity index (χ0) is 21.2. The summed E-state index contributed by atoms with van der Waals surface area (Å²) in [6.45, 7) is 2.91. The largest absolute Gasteiger partial charge is 0.494 e. The van der Waals surface area contributed by atoms with Gasteiger partial charge in [0, 0.05) is 0 Å². The molecule has 0 aliphatic rings. The average Bonchev–Trinajstić information content (AvgIpc) is 2.72. The number of unbranched alkanes of at least 4 members (excludes halogenated alkanes) is 13. The normalized spacial score (nSPS) is 10.7. The summed E-state index contributed by atoms with van der Waals surface area (Å²) < 4.78 is 10.3. The first kappa shape index (κ1) is 25.0. The molecular weight excluding hydrogens is 368 g/mol. The second-order valence-electron chi connectivity index (χ2n) is 7.59. The van der Waals surface area contributed by atoms with Crippen LogP contribution in [0, 0.1) is 0 Å². The standard InChI is InChI=1S/C24H37O5/c1-2-3-4-5-6-7-8-9-10-11-12-13-14-15-20-28-21-16-18-22(19-17-21)29-24(27)23(25)26/h16-19H,2-15,20H2,1H3. The Bertz CT molecular complexity index is 553. The number of esters is 1. The van der Waals surface area contributed by atoms with E-state index in [-0.39, 0.29) is 5.75 Å². The fourth-order valence-electron chi connectivity index (χ4n) is 3.24. The molecule has 0 saturated carbocycles. The van der Waals surface area contributed by atoms with Crippen molar-refractivity contribution in [3.8, 4) is 11.5 Å². The number of rotatable bonds is 17. The van der Waals surface area contributed by atoms with Crippen molar-refractivity contribution in [3.05, 3.63) is 24.3 Å². The van der Waals surface area contributed by atoms with E-state index in [1.807, 2.05) is 0 Å². The maximum atomic E-state index is 10.9. The summed E-state index contributed by atoms with van der Waals surface area (Å²) in [7, 11) is 0. The molecule has 29 heavy (non-hydrogen) atoms. The van der Waals surface area contributed by atoms with Gasteiger partial charge in [0.25, 0.3) is 0 Å². The van der Waals surface area contributed by atoms with Gasteiger partial charge in [-0.25, -0.2) is 14.7 Å². The summed E-state index contributed by atoms with van der Waals surface area (Å²) in [5, 5.41) is 10.3. The van der Waals surface area contributed by atoms with E-state index in [1.54, 1.807) is 12.1 Å². The number of carbonyl (C=O) groups excluding carboxylic acids is 2. The first-order chi connectivity index (χ1) is 14.1. The van der Waals surface area contributed by atoms with Crippen LogP contribution in [-0.4, -0.2) is 18.5 Å². The lowest BCUT2D eigenvalue weighted by Crippen LogP contribution is -2.18. The van der Waals surface area contributed by atoms with Crippen LogP contribution < -0.4 is 9.47 Å². The zero-order valence-electron chi connectivity index (χ0n) is 18.0. The molecule has 0 aromatic heterocycles. The summed E-state index contributed by atoms with van der Waals surface area (Å²) >= 11 is 0. The molecule has 0 N–H and O–H groups in total. The highest BCUT2D eigenvalue weighted by Gasteiger charge is 2.16. The molecule has 1 aromatic rings. The van der Waals surface area contributed by atoms with Gasteiger partial charge in [-0.15, -0.1) is 0 Å². The van der Waals surface area contributed by atoms with Gasteiger partial charge in [-0.1, -0.05) is 90.4 Å². The second-order valence-corrected chi connectivity index (χ2v) is 7.59. The van der Waals surface area contributed by atoms with Gasteiger partial charge >= 0.3 is 11.9 Å². The molecule has 5 heteroatoms. The van der Waals surface area contributed by atoms with E-state index in [2.05, 4.69) is 11.7 Å². The molecule has 163 valence electrons. The highest BCUT2D eigenvalue weighted by atomic mass is 16.6. The van der Waals surface area contributed by atoms with Gasteiger partial charge in [0.15, 0.2) is 0 Å². The first-order valence-corrected chi connectivity index (χ1v) is 11.3. The Morgan fingerprint density at radius 2 is 1.07 bits per heavy atom. The Morgan fingerprint density at radius 3 is 1.52 bits per heavy atom. The van der Waals surface area contributed by atoms with Gasteiger partial charge in [-0.3, -0.25) is 0 Å². The molecular formula is C24H37O5. The zero-order valence-corrected chi connectivity index (χ0v) is 18.0. The molecule has 0 amide bonds. The maximum Gasteiger partial charge on any atom is 0.463 e. The van der Waals surface area contributed by atoms with Gasteiger partial charge in [-0.2, -0.15) is 0 Å². The van der Waals surface area contributed by atoms with Crippen LogP contribution in [0.25, 0.3) is 0 Å². The average molecular weight is 406 g/mol. The second kappa shape index (κ2) is 16.9. The summed E-state index contributed by atoms with van der Waals surface area (Å²) in [6, 6.07) is 6.31. The Kier molecular flexibility index (Phi) is 14.5. The quantitative estimate of drug-likeness (QED) is 0.130. The Morgan fingerprint density at radius 1 is 0.655 bits per heavy atom. The Hall–Kier alpha value is -2.04. The van der Waals surface area contributed by atoms with E-state index in [1.165, 1.54) is 95.6 Å². The van der Waals surface area contributed by atoms with E-state index < -0.39 is 11.9 Å². The topological polar surface area (TPSA) is 72.5 Å². The van der Waals surface area contributed by atoms with Crippen LogP contribution in [0.1, 0.15) is 96.8 Å². The predicted octanol–water partition coefficient (Wildman–Crippen LogP) is 6.41. The molecule has 0 aliphatic heterocycles. The molecule has 0 heterocycles. The van der Waals surface area contributed by atoms with Crippen LogP contribution in [0.5, 0.6) is 11.5 Å². The third-order valence-corrected chi connectivity index (χ3v) is 4.97. The minimum absolute atomic E-state index is 0.156. The van der Waals surface area contributed by atoms with Gasteiger partial charge in [0.2, 0.25) is 0 Å². The van der Waals surface area contributed by atoms with Crippen molar-refractivity contribution in [1.29, 1.82) is 0 Å². The third kappa shape index (κ3) is 13.7. The summed E-state index contributed by atoms with van der Waals surface area (Å²) in [4.78, 5) is 21.2. The van der Waals surface area contributed by atoms with Gasteiger partial charge in [0.05, 0.1) is 6.61 Å². The molecule has 5 nitrogen and oxygen atoms in total.